The standard InChI is InChI=1S/C34H33F2N7O/c1-21-31(24-18-37-41(2)20-24)40-43(25-11-7-4-8-12-25)33(21)39-34(44)38-32-29-16-15-28(42(29)19-22-9-5-3-6-10-22)30(32)23-13-14-26(35)27(36)17-23/h3-14,17-18,20,28-30,32H,15-16,19H2,1-2H3,(H2,38,39,44)/t28-,29+,30+,32+/m0/s1. The molecule has 2 aliphatic rings. The van der Waals surface area contributed by atoms with Crippen LogP contribution in [-0.4, -0.2) is 48.6 Å². The van der Waals surface area contributed by atoms with E-state index in [2.05, 4.69) is 32.8 Å². The van der Waals surface area contributed by atoms with Gasteiger partial charge in [-0.3, -0.25) is 14.9 Å². The zero-order chi connectivity index (χ0) is 30.4. The molecule has 0 radical (unpaired) electrons. The maximum atomic E-state index is 14.5. The highest BCUT2D eigenvalue weighted by atomic mass is 19.2. The van der Waals surface area contributed by atoms with Gasteiger partial charge in [0.05, 0.1) is 17.9 Å². The molecular weight excluding hydrogens is 560 g/mol. The van der Waals surface area contributed by atoms with Crippen molar-refractivity contribution in [3.63, 3.8) is 0 Å². The molecule has 8 nitrogen and oxygen atoms in total. The molecule has 44 heavy (non-hydrogen) atoms. The van der Waals surface area contributed by atoms with Crippen molar-refractivity contribution >= 4 is 11.8 Å². The molecule has 7 rings (SSSR count). The van der Waals surface area contributed by atoms with Gasteiger partial charge in [0.1, 0.15) is 11.5 Å². The van der Waals surface area contributed by atoms with E-state index in [0.717, 1.165) is 29.7 Å². The number of halogens is 2. The lowest BCUT2D eigenvalue weighted by atomic mass is 9.80. The van der Waals surface area contributed by atoms with E-state index < -0.39 is 11.6 Å². The van der Waals surface area contributed by atoms with Crippen LogP contribution in [0.4, 0.5) is 19.4 Å². The molecule has 2 amide bonds. The Hall–Kier alpha value is -4.83. The number of rotatable bonds is 7. The van der Waals surface area contributed by atoms with Crippen LogP contribution in [0.3, 0.4) is 0 Å². The summed E-state index contributed by atoms with van der Waals surface area (Å²) < 4.78 is 31.9. The van der Waals surface area contributed by atoms with Gasteiger partial charge in [-0.1, -0.05) is 54.6 Å². The number of amides is 2. The van der Waals surface area contributed by atoms with Crippen LogP contribution in [0.2, 0.25) is 0 Å². The summed E-state index contributed by atoms with van der Waals surface area (Å²) in [7, 11) is 1.85. The predicted molar refractivity (Wildman–Crippen MR) is 164 cm³/mol. The summed E-state index contributed by atoms with van der Waals surface area (Å²) in [5.74, 6) is -1.42. The fraction of sp³-hybridized carbons (Fsp3) is 0.265. The molecule has 0 saturated carbocycles. The summed E-state index contributed by atoms with van der Waals surface area (Å²) in [4.78, 5) is 16.3. The Kier molecular flexibility index (Phi) is 7.21. The smallest absolute Gasteiger partial charge is 0.320 e. The number of hydrogen-bond acceptors (Lipinski definition) is 4. The minimum atomic E-state index is -0.881. The highest BCUT2D eigenvalue weighted by Crippen LogP contribution is 2.48. The van der Waals surface area contributed by atoms with Gasteiger partial charge in [0.2, 0.25) is 0 Å². The highest BCUT2D eigenvalue weighted by molar-refractivity contribution is 5.91. The van der Waals surface area contributed by atoms with E-state index in [1.54, 1.807) is 21.6 Å². The Balaban J connectivity index is 1.21. The third kappa shape index (κ3) is 5.05. The molecule has 4 atom stereocenters. The summed E-state index contributed by atoms with van der Waals surface area (Å²) in [6.07, 6.45) is 5.44. The number of carbonyl (C=O) groups excluding carboxylic acids is 1. The lowest BCUT2D eigenvalue weighted by Crippen LogP contribution is -2.48. The van der Waals surface area contributed by atoms with Crippen molar-refractivity contribution in [2.75, 3.05) is 5.32 Å². The number of hydrogen-bond donors (Lipinski definition) is 2. The van der Waals surface area contributed by atoms with Crippen molar-refractivity contribution < 1.29 is 13.6 Å². The summed E-state index contributed by atoms with van der Waals surface area (Å²) >= 11 is 0. The number of fused-ring (bicyclic) bond motifs is 2. The molecule has 2 N–H and O–H groups in total. The largest absolute Gasteiger partial charge is 0.333 e. The van der Waals surface area contributed by atoms with E-state index in [1.807, 2.05) is 68.7 Å². The molecule has 0 aliphatic carbocycles. The van der Waals surface area contributed by atoms with E-state index in [-0.39, 0.29) is 30.1 Å². The van der Waals surface area contributed by atoms with Crippen molar-refractivity contribution in [2.24, 2.45) is 7.05 Å². The Morgan fingerprint density at radius 3 is 2.39 bits per heavy atom. The van der Waals surface area contributed by atoms with Crippen molar-refractivity contribution in [1.29, 1.82) is 0 Å². The van der Waals surface area contributed by atoms with Crippen LogP contribution in [0, 0.1) is 18.6 Å². The number of benzene rings is 3. The molecule has 5 aromatic rings. The van der Waals surface area contributed by atoms with Gasteiger partial charge in [0.25, 0.3) is 0 Å². The third-order valence-corrected chi connectivity index (χ3v) is 8.99. The zero-order valence-electron chi connectivity index (χ0n) is 24.5. The summed E-state index contributed by atoms with van der Waals surface area (Å²) in [5.41, 5.74) is 5.01. The number of urea groups is 1. The normalized spacial score (nSPS) is 21.1. The molecule has 2 aromatic heterocycles. The second-order valence-electron chi connectivity index (χ2n) is 11.7. The van der Waals surface area contributed by atoms with E-state index in [4.69, 9.17) is 5.10 Å². The first kappa shape index (κ1) is 28.0. The van der Waals surface area contributed by atoms with Gasteiger partial charge in [0.15, 0.2) is 11.6 Å². The van der Waals surface area contributed by atoms with E-state index in [1.165, 1.54) is 17.7 Å². The minimum Gasteiger partial charge on any atom is -0.333 e. The number of carbonyl (C=O) groups is 1. The molecule has 2 fully saturated rings. The molecule has 224 valence electrons. The zero-order valence-corrected chi connectivity index (χ0v) is 24.5. The van der Waals surface area contributed by atoms with Crippen molar-refractivity contribution in [3.8, 4) is 16.9 Å². The Morgan fingerprint density at radius 2 is 1.68 bits per heavy atom. The van der Waals surface area contributed by atoms with Crippen LogP contribution >= 0.6 is 0 Å². The fourth-order valence-electron chi connectivity index (χ4n) is 7.04. The maximum Gasteiger partial charge on any atom is 0.320 e. The van der Waals surface area contributed by atoms with Crippen LogP contribution in [-0.2, 0) is 13.6 Å². The van der Waals surface area contributed by atoms with Crippen LogP contribution in [0.25, 0.3) is 16.9 Å². The Morgan fingerprint density at radius 1 is 0.955 bits per heavy atom. The van der Waals surface area contributed by atoms with Gasteiger partial charge in [0, 0.05) is 48.9 Å². The molecule has 0 unspecified atom stereocenters. The van der Waals surface area contributed by atoms with Crippen molar-refractivity contribution in [2.45, 2.75) is 50.4 Å². The highest BCUT2D eigenvalue weighted by Gasteiger charge is 2.54. The van der Waals surface area contributed by atoms with Crippen LogP contribution in [0.15, 0.2) is 91.3 Å². The van der Waals surface area contributed by atoms with Gasteiger partial charge in [-0.25, -0.2) is 18.3 Å². The topological polar surface area (TPSA) is 80.0 Å². The first-order valence-electron chi connectivity index (χ1n) is 14.8. The van der Waals surface area contributed by atoms with E-state index in [0.29, 0.717) is 23.6 Å². The molecule has 0 spiro atoms. The number of para-hydroxylation sites is 1. The van der Waals surface area contributed by atoms with Crippen molar-refractivity contribution in [3.05, 3.63) is 120 Å². The average molecular weight is 594 g/mol. The molecular formula is C34H33F2N7O. The molecule has 10 heteroatoms. The number of anilines is 1. The number of nitrogens with zero attached hydrogens (tertiary/aromatic N) is 5. The van der Waals surface area contributed by atoms with Gasteiger partial charge < -0.3 is 5.32 Å². The molecule has 4 heterocycles. The number of aromatic nitrogens is 4. The predicted octanol–water partition coefficient (Wildman–Crippen LogP) is 6.18. The quantitative estimate of drug-likeness (QED) is 0.236. The number of aryl methyl sites for hydroxylation is 1. The lowest BCUT2D eigenvalue weighted by molar-refractivity contribution is 0.226. The molecule has 2 saturated heterocycles. The monoisotopic (exact) mass is 593 g/mol. The summed E-state index contributed by atoms with van der Waals surface area (Å²) in [6.45, 7) is 2.64. The molecule has 2 bridgehead atoms. The van der Waals surface area contributed by atoms with Crippen molar-refractivity contribution in [1.82, 2.24) is 29.8 Å². The lowest BCUT2D eigenvalue weighted by Gasteiger charge is -2.30. The van der Waals surface area contributed by atoms with Crippen LogP contribution in [0.5, 0.6) is 0 Å². The Bertz CT molecular complexity index is 1800. The van der Waals surface area contributed by atoms with E-state index >= 15 is 0 Å². The Labute approximate surface area is 254 Å². The van der Waals surface area contributed by atoms with Gasteiger partial charge in [-0.05, 0) is 55.2 Å². The number of nitrogens with one attached hydrogen (secondary N) is 2. The van der Waals surface area contributed by atoms with Crippen LogP contribution in [0.1, 0.15) is 35.4 Å². The third-order valence-electron chi connectivity index (χ3n) is 8.99. The van der Waals surface area contributed by atoms with Gasteiger partial charge in [-0.15, -0.1) is 0 Å². The summed E-state index contributed by atoms with van der Waals surface area (Å²) in [5, 5.41) is 15.5. The first-order chi connectivity index (χ1) is 21.4. The molecule has 3 aromatic carbocycles. The van der Waals surface area contributed by atoms with Gasteiger partial charge in [-0.2, -0.15) is 10.2 Å². The van der Waals surface area contributed by atoms with Crippen LogP contribution < -0.4 is 10.6 Å². The minimum absolute atomic E-state index is 0.0372. The second kappa shape index (κ2) is 11.3. The maximum absolute atomic E-state index is 14.5. The fourth-order valence-corrected chi connectivity index (χ4v) is 7.04. The first-order valence-corrected chi connectivity index (χ1v) is 14.8. The SMILES string of the molecule is Cc1c(-c2cnn(C)c2)nn(-c2ccccc2)c1NC(=O)N[C@H]1[C@H](c2ccc(F)c(F)c2)[C@@H]2CC[C@H]1N2Cc1ccccc1. The summed E-state index contributed by atoms with van der Waals surface area (Å²) in [6, 6.07) is 23.3. The molecule has 2 aliphatic heterocycles. The second-order valence-corrected chi connectivity index (χ2v) is 11.7. The van der Waals surface area contributed by atoms with Gasteiger partial charge >= 0.3 is 6.03 Å². The average Bonchev–Trinajstić information content (AvgIpc) is 3.78. The van der Waals surface area contributed by atoms with E-state index in [9.17, 15) is 13.6 Å².